The summed E-state index contributed by atoms with van der Waals surface area (Å²) < 4.78 is 18.9. The standard InChI is InChI=1S/C31H44O5/c1-20(19-32)23-9-10-24-27-25(11-12-30(23,24)3)29(2)13-14-31(34-15-16-35-31)18-22(29)17-26(27)36-28(33)21-7-5-4-6-8-21/h4-8,20,22-27,32H,9-19H2,1-3H3/t20-,22+,23-,24+,25+,26-,27+,29+,30-/m1/s1. The molecule has 0 radical (unpaired) electrons. The summed E-state index contributed by atoms with van der Waals surface area (Å²) in [5, 5.41) is 10.0. The van der Waals surface area contributed by atoms with Crippen molar-refractivity contribution in [2.24, 2.45) is 46.3 Å². The van der Waals surface area contributed by atoms with Crippen molar-refractivity contribution in [2.75, 3.05) is 19.8 Å². The molecule has 1 spiro atoms. The molecule has 1 aliphatic heterocycles. The van der Waals surface area contributed by atoms with Crippen LogP contribution in [0.25, 0.3) is 0 Å². The number of ether oxygens (including phenoxy) is 3. The number of fused-ring (bicyclic) bond motifs is 5. The van der Waals surface area contributed by atoms with Crippen LogP contribution in [0, 0.1) is 46.3 Å². The number of hydrogen-bond acceptors (Lipinski definition) is 5. The third-order valence-corrected chi connectivity index (χ3v) is 11.8. The summed E-state index contributed by atoms with van der Waals surface area (Å²) in [6, 6.07) is 9.48. The first-order valence-corrected chi connectivity index (χ1v) is 14.4. The maximum atomic E-state index is 13.4. The minimum Gasteiger partial charge on any atom is -0.458 e. The molecule has 1 aromatic carbocycles. The van der Waals surface area contributed by atoms with Gasteiger partial charge in [-0.25, -0.2) is 4.79 Å². The maximum absolute atomic E-state index is 13.4. The highest BCUT2D eigenvalue weighted by Crippen LogP contribution is 2.69. The van der Waals surface area contributed by atoms with Crippen LogP contribution in [0.15, 0.2) is 30.3 Å². The number of rotatable bonds is 4. The van der Waals surface area contributed by atoms with Crippen molar-refractivity contribution in [3.8, 4) is 0 Å². The lowest BCUT2D eigenvalue weighted by molar-refractivity contribution is -0.242. The van der Waals surface area contributed by atoms with E-state index in [9.17, 15) is 9.90 Å². The van der Waals surface area contributed by atoms with E-state index in [2.05, 4.69) is 20.8 Å². The Hall–Kier alpha value is -1.43. The molecular formula is C31H44O5. The van der Waals surface area contributed by atoms with E-state index in [0.717, 1.165) is 25.7 Å². The summed E-state index contributed by atoms with van der Waals surface area (Å²) >= 11 is 0. The summed E-state index contributed by atoms with van der Waals surface area (Å²) in [6.45, 7) is 8.86. The van der Waals surface area contributed by atoms with Gasteiger partial charge in [0.25, 0.3) is 0 Å². The van der Waals surface area contributed by atoms with E-state index in [1.54, 1.807) is 0 Å². The molecule has 5 heteroatoms. The molecular weight excluding hydrogens is 452 g/mol. The zero-order valence-electron chi connectivity index (χ0n) is 22.3. The molecule has 0 amide bonds. The normalized spacial score (nSPS) is 43.9. The van der Waals surface area contributed by atoms with Crippen molar-refractivity contribution in [1.82, 2.24) is 0 Å². The molecule has 1 aromatic rings. The van der Waals surface area contributed by atoms with Crippen LogP contribution in [0.1, 0.15) is 82.5 Å². The van der Waals surface area contributed by atoms with E-state index < -0.39 is 5.79 Å². The lowest BCUT2D eigenvalue weighted by Gasteiger charge is -2.63. The highest BCUT2D eigenvalue weighted by Gasteiger charge is 2.65. The summed E-state index contributed by atoms with van der Waals surface area (Å²) in [5.74, 6) is 2.14. The van der Waals surface area contributed by atoms with Crippen LogP contribution >= 0.6 is 0 Å². The average molecular weight is 497 g/mol. The number of esters is 1. The zero-order chi connectivity index (χ0) is 25.1. The van der Waals surface area contributed by atoms with Crippen LogP contribution in [0.3, 0.4) is 0 Å². The Balaban J connectivity index is 1.34. The first-order chi connectivity index (χ1) is 17.3. The number of benzene rings is 1. The van der Waals surface area contributed by atoms with Crippen LogP contribution in [-0.4, -0.2) is 42.8 Å². The fourth-order valence-corrected chi connectivity index (χ4v) is 9.90. The van der Waals surface area contributed by atoms with Gasteiger partial charge in [0.05, 0.1) is 18.8 Å². The van der Waals surface area contributed by atoms with Gasteiger partial charge in [-0.2, -0.15) is 0 Å². The first kappa shape index (κ1) is 24.9. The first-order valence-electron chi connectivity index (χ1n) is 14.4. The summed E-state index contributed by atoms with van der Waals surface area (Å²) in [5.41, 5.74) is 1.07. The molecule has 0 aromatic heterocycles. The molecule has 198 valence electrons. The quantitative estimate of drug-likeness (QED) is 0.530. The number of aliphatic hydroxyl groups is 1. The Morgan fingerprint density at radius 2 is 1.75 bits per heavy atom. The Labute approximate surface area is 216 Å². The maximum Gasteiger partial charge on any atom is 0.338 e. The van der Waals surface area contributed by atoms with E-state index in [-0.39, 0.29) is 29.5 Å². The van der Waals surface area contributed by atoms with Crippen molar-refractivity contribution < 1.29 is 24.1 Å². The predicted molar refractivity (Wildman–Crippen MR) is 137 cm³/mol. The average Bonchev–Trinajstić information content (AvgIpc) is 3.49. The molecule has 36 heavy (non-hydrogen) atoms. The molecule has 5 fully saturated rings. The molecule has 4 saturated carbocycles. The second kappa shape index (κ2) is 9.10. The van der Waals surface area contributed by atoms with Gasteiger partial charge in [-0.3, -0.25) is 0 Å². The van der Waals surface area contributed by atoms with Crippen molar-refractivity contribution in [2.45, 2.75) is 84.0 Å². The highest BCUT2D eigenvalue weighted by atomic mass is 16.7. The zero-order valence-corrected chi connectivity index (χ0v) is 22.3. The van der Waals surface area contributed by atoms with Gasteiger partial charge >= 0.3 is 5.97 Å². The molecule has 1 heterocycles. The predicted octanol–water partition coefficient (Wildman–Crippen LogP) is 5.85. The van der Waals surface area contributed by atoms with Gasteiger partial charge in [0, 0.05) is 25.4 Å². The topological polar surface area (TPSA) is 65.0 Å². The summed E-state index contributed by atoms with van der Waals surface area (Å²) in [6.07, 6.45) is 8.60. The molecule has 9 atom stereocenters. The summed E-state index contributed by atoms with van der Waals surface area (Å²) in [4.78, 5) is 13.4. The third kappa shape index (κ3) is 3.79. The van der Waals surface area contributed by atoms with Crippen LogP contribution in [-0.2, 0) is 14.2 Å². The fraction of sp³-hybridized carbons (Fsp3) is 0.774. The molecule has 0 bridgehead atoms. The van der Waals surface area contributed by atoms with Gasteiger partial charge in [-0.05, 0) is 91.1 Å². The van der Waals surface area contributed by atoms with Crippen LogP contribution in [0.2, 0.25) is 0 Å². The van der Waals surface area contributed by atoms with E-state index in [4.69, 9.17) is 14.2 Å². The van der Waals surface area contributed by atoms with Crippen molar-refractivity contribution in [3.63, 3.8) is 0 Å². The molecule has 4 aliphatic carbocycles. The third-order valence-electron chi connectivity index (χ3n) is 11.8. The van der Waals surface area contributed by atoms with Gasteiger partial charge < -0.3 is 19.3 Å². The van der Waals surface area contributed by atoms with Crippen molar-refractivity contribution in [3.05, 3.63) is 35.9 Å². The van der Waals surface area contributed by atoms with Crippen molar-refractivity contribution >= 4 is 5.97 Å². The Bertz CT molecular complexity index is 957. The van der Waals surface area contributed by atoms with Gasteiger partial charge in [0.15, 0.2) is 5.79 Å². The van der Waals surface area contributed by atoms with E-state index in [1.165, 1.54) is 25.7 Å². The Kier molecular flexibility index (Phi) is 6.29. The van der Waals surface area contributed by atoms with Crippen LogP contribution < -0.4 is 0 Å². The molecule has 1 N–H and O–H groups in total. The number of hydrogen-bond donors (Lipinski definition) is 1. The molecule has 5 aliphatic rings. The minimum absolute atomic E-state index is 0.0786. The Morgan fingerprint density at radius 1 is 1.03 bits per heavy atom. The SMILES string of the molecule is C[C@H](CO)[C@H]1CC[C@H]2[C@@H]3[C@H](OC(=O)c4ccccc4)C[C@H]4CC5(CC[C@]4(C)[C@H]3CC[C@]12C)OCCO5. The lowest BCUT2D eigenvalue weighted by atomic mass is 9.43. The molecule has 5 nitrogen and oxygen atoms in total. The summed E-state index contributed by atoms with van der Waals surface area (Å²) in [7, 11) is 0. The largest absolute Gasteiger partial charge is 0.458 e. The Morgan fingerprint density at radius 3 is 2.47 bits per heavy atom. The second-order valence-electron chi connectivity index (χ2n) is 13.2. The van der Waals surface area contributed by atoms with Crippen LogP contribution in [0.5, 0.6) is 0 Å². The molecule has 0 unspecified atom stereocenters. The smallest absolute Gasteiger partial charge is 0.338 e. The number of aliphatic hydroxyl groups excluding tert-OH is 1. The van der Waals surface area contributed by atoms with E-state index >= 15 is 0 Å². The van der Waals surface area contributed by atoms with Crippen molar-refractivity contribution in [1.29, 1.82) is 0 Å². The lowest BCUT2D eigenvalue weighted by Crippen LogP contribution is -2.61. The highest BCUT2D eigenvalue weighted by molar-refractivity contribution is 5.89. The number of carbonyl (C=O) groups is 1. The van der Waals surface area contributed by atoms with E-state index in [0.29, 0.717) is 54.3 Å². The second-order valence-corrected chi connectivity index (χ2v) is 13.2. The monoisotopic (exact) mass is 496 g/mol. The van der Waals surface area contributed by atoms with Gasteiger partial charge in [-0.15, -0.1) is 0 Å². The molecule has 6 rings (SSSR count). The fourth-order valence-electron chi connectivity index (χ4n) is 9.90. The number of carbonyl (C=O) groups excluding carboxylic acids is 1. The molecule has 1 saturated heterocycles. The van der Waals surface area contributed by atoms with Gasteiger partial charge in [0.2, 0.25) is 0 Å². The minimum atomic E-state index is -0.427. The van der Waals surface area contributed by atoms with Gasteiger partial charge in [0.1, 0.15) is 6.10 Å². The van der Waals surface area contributed by atoms with Crippen LogP contribution in [0.4, 0.5) is 0 Å². The van der Waals surface area contributed by atoms with E-state index in [1.807, 2.05) is 30.3 Å². The van der Waals surface area contributed by atoms with Gasteiger partial charge in [-0.1, -0.05) is 39.0 Å².